The van der Waals surface area contributed by atoms with E-state index in [1.165, 1.54) is 49.4 Å². The summed E-state index contributed by atoms with van der Waals surface area (Å²) in [5.74, 6) is 1.38. The molecule has 86 valence electrons. The van der Waals surface area contributed by atoms with E-state index in [1.54, 1.807) is 0 Å². The van der Waals surface area contributed by atoms with Crippen LogP contribution in [0, 0.1) is 20.8 Å². The first kappa shape index (κ1) is 12.3. The summed E-state index contributed by atoms with van der Waals surface area (Å²) < 4.78 is 4.74. The van der Waals surface area contributed by atoms with Gasteiger partial charge in [0.25, 0.3) is 5.82 Å². The van der Waals surface area contributed by atoms with E-state index in [2.05, 4.69) is 43.9 Å². The molecule has 1 aromatic heterocycles. The maximum Gasteiger partial charge on any atom is 0.253 e. The van der Waals surface area contributed by atoms with Crippen molar-refractivity contribution in [3.63, 3.8) is 0 Å². The number of hydrogen-bond donors (Lipinski definition) is 0. The Morgan fingerprint density at radius 3 is 2.20 bits per heavy atom. The summed E-state index contributed by atoms with van der Waals surface area (Å²) in [7, 11) is 2.15. The number of rotatable bonds is 5. The number of aromatic nitrogens is 2. The average molecular weight is 209 g/mol. The molecule has 0 bridgehead atoms. The van der Waals surface area contributed by atoms with Crippen molar-refractivity contribution >= 4 is 0 Å². The fourth-order valence-corrected chi connectivity index (χ4v) is 2.13. The van der Waals surface area contributed by atoms with Crippen molar-refractivity contribution in [3.8, 4) is 0 Å². The summed E-state index contributed by atoms with van der Waals surface area (Å²) in [4.78, 5) is 0. The van der Waals surface area contributed by atoms with Crippen molar-refractivity contribution in [1.82, 2.24) is 4.57 Å². The Balaban J connectivity index is 2.65. The molecule has 0 radical (unpaired) electrons. The lowest BCUT2D eigenvalue weighted by Crippen LogP contribution is -2.38. The van der Waals surface area contributed by atoms with Crippen LogP contribution in [0.1, 0.15) is 49.8 Å². The van der Waals surface area contributed by atoms with Gasteiger partial charge in [0, 0.05) is 20.8 Å². The van der Waals surface area contributed by atoms with Crippen molar-refractivity contribution in [3.05, 3.63) is 17.2 Å². The van der Waals surface area contributed by atoms with Gasteiger partial charge in [-0.2, -0.15) is 0 Å². The monoisotopic (exact) mass is 209 g/mol. The summed E-state index contributed by atoms with van der Waals surface area (Å²) in [5, 5.41) is 0. The van der Waals surface area contributed by atoms with Gasteiger partial charge in [-0.25, -0.2) is 9.13 Å². The van der Waals surface area contributed by atoms with Crippen molar-refractivity contribution in [2.45, 2.75) is 59.9 Å². The van der Waals surface area contributed by atoms with Gasteiger partial charge >= 0.3 is 0 Å². The molecule has 2 heteroatoms. The molecule has 0 amide bonds. The van der Waals surface area contributed by atoms with Crippen LogP contribution in [0.3, 0.4) is 0 Å². The van der Waals surface area contributed by atoms with Crippen molar-refractivity contribution < 1.29 is 4.57 Å². The molecule has 2 nitrogen and oxygen atoms in total. The fourth-order valence-electron chi connectivity index (χ4n) is 2.13. The molecule has 0 aliphatic heterocycles. The van der Waals surface area contributed by atoms with E-state index in [-0.39, 0.29) is 0 Å². The SMILES string of the molecule is CCCCCC[n+]1c(C)c(C)n(C)c1C. The third-order valence-electron chi connectivity index (χ3n) is 3.54. The predicted molar refractivity (Wildman–Crippen MR) is 64.0 cm³/mol. The Morgan fingerprint density at radius 2 is 1.73 bits per heavy atom. The first-order chi connectivity index (χ1) is 7.09. The Morgan fingerprint density at radius 1 is 1.07 bits per heavy atom. The van der Waals surface area contributed by atoms with Crippen LogP contribution in [0.5, 0.6) is 0 Å². The standard InChI is InChI=1S/C13H25N2/c1-6-7-8-9-10-15-12(3)11(2)14(5)13(15)4/h6-10H2,1-5H3/q+1. The second-order valence-corrected chi connectivity index (χ2v) is 4.49. The van der Waals surface area contributed by atoms with E-state index in [9.17, 15) is 0 Å². The minimum atomic E-state index is 1.18. The van der Waals surface area contributed by atoms with Crippen molar-refractivity contribution in [1.29, 1.82) is 0 Å². The summed E-state index contributed by atoms with van der Waals surface area (Å²) >= 11 is 0. The van der Waals surface area contributed by atoms with Gasteiger partial charge in [-0.15, -0.1) is 0 Å². The quantitative estimate of drug-likeness (QED) is 0.521. The number of nitrogens with zero attached hydrogens (tertiary/aromatic N) is 2. The molecule has 0 saturated carbocycles. The van der Waals surface area contributed by atoms with Crippen LogP contribution in [0.25, 0.3) is 0 Å². The van der Waals surface area contributed by atoms with Gasteiger partial charge < -0.3 is 0 Å². The third kappa shape index (κ3) is 2.61. The second-order valence-electron chi connectivity index (χ2n) is 4.49. The molecule has 0 unspecified atom stereocenters. The smallest absolute Gasteiger partial charge is 0.234 e. The highest BCUT2D eigenvalue weighted by Gasteiger charge is 2.18. The molecular weight excluding hydrogens is 184 g/mol. The van der Waals surface area contributed by atoms with Crippen LogP contribution < -0.4 is 4.57 Å². The minimum absolute atomic E-state index is 1.18. The van der Waals surface area contributed by atoms with E-state index in [0.717, 1.165) is 0 Å². The minimum Gasteiger partial charge on any atom is -0.234 e. The lowest BCUT2D eigenvalue weighted by atomic mass is 10.2. The maximum absolute atomic E-state index is 2.45. The van der Waals surface area contributed by atoms with Crippen molar-refractivity contribution in [2.24, 2.45) is 7.05 Å². The van der Waals surface area contributed by atoms with Gasteiger partial charge in [-0.3, -0.25) is 0 Å². The van der Waals surface area contributed by atoms with Gasteiger partial charge in [-0.05, 0) is 12.8 Å². The number of unbranched alkanes of at least 4 members (excludes halogenated alkanes) is 3. The number of hydrogen-bond acceptors (Lipinski definition) is 0. The largest absolute Gasteiger partial charge is 0.253 e. The Labute approximate surface area is 93.9 Å². The van der Waals surface area contributed by atoms with E-state index >= 15 is 0 Å². The summed E-state index contributed by atoms with van der Waals surface area (Å²) in [6, 6.07) is 0. The predicted octanol–water partition coefficient (Wildman–Crippen LogP) is 2.82. The molecule has 0 fully saturated rings. The Bertz CT molecular complexity index is 298. The van der Waals surface area contributed by atoms with Gasteiger partial charge in [0.15, 0.2) is 0 Å². The van der Waals surface area contributed by atoms with Crippen LogP contribution in [0.15, 0.2) is 0 Å². The zero-order valence-corrected chi connectivity index (χ0v) is 10.9. The molecule has 0 N–H and O–H groups in total. The lowest BCUT2D eigenvalue weighted by molar-refractivity contribution is -0.708. The molecule has 0 atom stereocenters. The second kappa shape index (κ2) is 5.34. The van der Waals surface area contributed by atoms with Gasteiger partial charge in [0.05, 0.1) is 13.6 Å². The first-order valence-corrected chi connectivity index (χ1v) is 6.11. The van der Waals surface area contributed by atoms with E-state index in [1.807, 2.05) is 0 Å². The fraction of sp³-hybridized carbons (Fsp3) is 0.769. The summed E-state index contributed by atoms with van der Waals surface area (Å²) in [6.07, 6.45) is 5.35. The van der Waals surface area contributed by atoms with E-state index < -0.39 is 0 Å². The third-order valence-corrected chi connectivity index (χ3v) is 3.54. The molecule has 0 aliphatic carbocycles. The van der Waals surface area contributed by atoms with Crippen LogP contribution in [0.2, 0.25) is 0 Å². The molecule has 15 heavy (non-hydrogen) atoms. The first-order valence-electron chi connectivity index (χ1n) is 6.11. The van der Waals surface area contributed by atoms with Crippen LogP contribution >= 0.6 is 0 Å². The van der Waals surface area contributed by atoms with E-state index in [0.29, 0.717) is 0 Å². The Kier molecular flexibility index (Phi) is 4.37. The summed E-state index contributed by atoms with van der Waals surface area (Å²) in [6.45, 7) is 10.1. The highest BCUT2D eigenvalue weighted by Crippen LogP contribution is 2.06. The van der Waals surface area contributed by atoms with Crippen molar-refractivity contribution in [2.75, 3.05) is 0 Å². The molecular formula is C13H25N2+. The molecule has 0 aromatic carbocycles. The summed E-state index contributed by atoms with van der Waals surface area (Å²) in [5.41, 5.74) is 2.81. The topological polar surface area (TPSA) is 8.81 Å². The van der Waals surface area contributed by atoms with Gasteiger partial charge in [0.1, 0.15) is 11.4 Å². The highest BCUT2D eigenvalue weighted by atomic mass is 15.2. The number of imidazole rings is 1. The molecule has 0 spiro atoms. The molecule has 1 rings (SSSR count). The van der Waals surface area contributed by atoms with Gasteiger partial charge in [-0.1, -0.05) is 19.8 Å². The van der Waals surface area contributed by atoms with Gasteiger partial charge in [0.2, 0.25) is 0 Å². The zero-order chi connectivity index (χ0) is 11.4. The lowest BCUT2D eigenvalue weighted by Gasteiger charge is -2.00. The van der Waals surface area contributed by atoms with Crippen LogP contribution in [0.4, 0.5) is 0 Å². The zero-order valence-electron chi connectivity index (χ0n) is 10.9. The molecule has 0 saturated heterocycles. The molecule has 0 aliphatic rings. The maximum atomic E-state index is 2.45. The molecule has 1 aromatic rings. The van der Waals surface area contributed by atoms with E-state index in [4.69, 9.17) is 0 Å². The normalized spacial score (nSPS) is 11.0. The average Bonchev–Trinajstić information content (AvgIpc) is 2.41. The highest BCUT2D eigenvalue weighted by molar-refractivity contribution is 5.05. The van der Waals surface area contributed by atoms with Crippen LogP contribution in [-0.4, -0.2) is 4.57 Å². The van der Waals surface area contributed by atoms with Crippen LogP contribution in [-0.2, 0) is 13.6 Å². The molecule has 1 heterocycles. The Hall–Kier alpha value is -0.790.